The third kappa shape index (κ3) is 28.4. The number of allylic oxidation sites excluding steroid dienone is 3. The Hall–Kier alpha value is -2.42. The molecule has 3 unspecified atom stereocenters. The highest BCUT2D eigenvalue weighted by molar-refractivity contribution is 7.92. The average Bonchev–Trinajstić information content (AvgIpc) is 2.97. The number of hydrogen-bond donors (Lipinski definition) is 1. The second-order valence-corrected chi connectivity index (χ2v) is 13.4. The fourth-order valence-corrected chi connectivity index (χ4v) is 5.09. The molecule has 0 bridgehead atoms. The Balaban J connectivity index is -0.000000331. The van der Waals surface area contributed by atoms with Crippen molar-refractivity contribution in [2.45, 2.75) is 85.3 Å². The molecule has 0 aliphatic heterocycles. The van der Waals surface area contributed by atoms with Gasteiger partial charge in [-0.2, -0.15) is 0 Å². The standard InChI is InChI=1S/C17H24N4O.C12H27FNO2PS.2C2H6/c1-7-9-10-11-14(3)12-19-16(22)15(4)13-20-17(18-8-2)21(5)6;1-5-11(18(15,16)6-2)8-7-9-14(4)10-12(3,13)17;2*1-2/h7-11,13H,2-4,12H2,1,5-6H3,(H,19,22);11H,5-10,17H2,1-4H3;2*1-2H3/b9-7-,11-10-,18-17?,20-13-;;;. The highest BCUT2D eigenvalue weighted by atomic mass is 32.2. The van der Waals surface area contributed by atoms with Gasteiger partial charge in [0.25, 0.3) is 5.91 Å². The number of guanidine groups is 1. The number of carbonyl (C=O) groups is 1. The van der Waals surface area contributed by atoms with Gasteiger partial charge >= 0.3 is 0 Å². The molecule has 0 heterocycles. The number of sulfone groups is 1. The molecule has 11 heteroatoms. The lowest BCUT2D eigenvalue weighted by Gasteiger charge is -2.24. The normalized spacial score (nSPS) is 13.5. The first-order chi connectivity index (χ1) is 20.5. The summed E-state index contributed by atoms with van der Waals surface area (Å²) in [6.45, 7) is 27.5. The average molecular weight is 660 g/mol. The molecule has 0 aliphatic rings. The first-order valence-electron chi connectivity index (χ1n) is 15.3. The topological polar surface area (TPSA) is 94.4 Å². The number of nitrogens with zero attached hydrogens (tertiary/aromatic N) is 4. The predicted molar refractivity (Wildman–Crippen MR) is 197 cm³/mol. The molecule has 0 radical (unpaired) electrons. The molecule has 8 nitrogen and oxygen atoms in total. The number of halogens is 1. The van der Waals surface area contributed by atoms with E-state index in [1.165, 1.54) is 19.3 Å². The van der Waals surface area contributed by atoms with Gasteiger partial charge < -0.3 is 15.1 Å². The van der Waals surface area contributed by atoms with Crippen molar-refractivity contribution in [3.63, 3.8) is 0 Å². The van der Waals surface area contributed by atoms with Gasteiger partial charge in [-0.25, -0.2) is 22.8 Å². The van der Waals surface area contributed by atoms with Crippen molar-refractivity contribution >= 4 is 37.2 Å². The predicted octanol–water partition coefficient (Wildman–Crippen LogP) is 7.00. The summed E-state index contributed by atoms with van der Waals surface area (Å²) in [7, 11) is 4.68. The highest BCUT2D eigenvalue weighted by Crippen LogP contribution is 2.20. The Morgan fingerprint density at radius 2 is 1.68 bits per heavy atom. The number of rotatable bonds is 16. The third-order valence-corrected chi connectivity index (χ3v) is 7.93. The SMILES string of the molecule is C=CN=C(/N=C\C(=C)C(=O)NCC(=C)/C=C\C=C/C)N(C)C.CC.CC.CCC(CCCN(C)CC(C)(F)P)S(=O)(=O)CC. The Kier molecular flexibility index (Phi) is 32.3. The van der Waals surface area contributed by atoms with Crippen molar-refractivity contribution in [2.75, 3.05) is 46.5 Å². The maximum absolute atomic E-state index is 13.4. The van der Waals surface area contributed by atoms with E-state index in [-0.39, 0.29) is 22.5 Å². The molecule has 0 spiro atoms. The van der Waals surface area contributed by atoms with Crippen LogP contribution < -0.4 is 5.32 Å². The Labute approximate surface area is 272 Å². The molecular formula is C33H63FN5O3PS. The lowest BCUT2D eigenvalue weighted by molar-refractivity contribution is -0.116. The van der Waals surface area contributed by atoms with E-state index in [0.717, 1.165) is 18.5 Å². The largest absolute Gasteiger partial charge is 0.348 e. The number of carbonyl (C=O) groups excluding carboxylic acids is 1. The van der Waals surface area contributed by atoms with Gasteiger partial charge in [-0.1, -0.05) is 94.8 Å². The van der Waals surface area contributed by atoms with E-state index in [2.05, 4.69) is 44.3 Å². The molecule has 256 valence electrons. The van der Waals surface area contributed by atoms with Gasteiger partial charge in [-0.05, 0) is 52.3 Å². The van der Waals surface area contributed by atoms with Crippen LogP contribution in [0.15, 0.2) is 71.4 Å². The number of hydrogen-bond acceptors (Lipinski definition) is 5. The number of alkyl halides is 1. The molecule has 3 atom stereocenters. The number of nitrogens with one attached hydrogen (secondary N) is 1. The van der Waals surface area contributed by atoms with Crippen LogP contribution in [0.25, 0.3) is 0 Å². The first kappa shape index (κ1) is 48.5. The Bertz CT molecular complexity index is 1030. The van der Waals surface area contributed by atoms with Gasteiger partial charge in [0, 0.05) is 45.4 Å². The fraction of sp³-hybridized carbons (Fsp3) is 0.606. The summed E-state index contributed by atoms with van der Waals surface area (Å²) in [5.74, 6) is 0.332. The van der Waals surface area contributed by atoms with Crippen molar-refractivity contribution in [3.05, 3.63) is 61.4 Å². The van der Waals surface area contributed by atoms with Crippen LogP contribution in [0, 0.1) is 0 Å². The van der Waals surface area contributed by atoms with Crippen LogP contribution >= 0.6 is 9.24 Å². The van der Waals surface area contributed by atoms with E-state index in [0.29, 0.717) is 31.9 Å². The molecule has 0 aromatic heterocycles. The summed E-state index contributed by atoms with van der Waals surface area (Å²) < 4.78 is 36.9. The van der Waals surface area contributed by atoms with Crippen molar-refractivity contribution < 1.29 is 17.6 Å². The second kappa shape index (κ2) is 29.3. The smallest absolute Gasteiger partial charge is 0.252 e. The summed E-state index contributed by atoms with van der Waals surface area (Å²) in [5, 5.41) is 1.19. The van der Waals surface area contributed by atoms with Crippen LogP contribution in [0.2, 0.25) is 0 Å². The molecular weight excluding hydrogens is 596 g/mol. The lowest BCUT2D eigenvalue weighted by atomic mass is 10.2. The van der Waals surface area contributed by atoms with E-state index in [1.54, 1.807) is 25.9 Å². The molecule has 44 heavy (non-hydrogen) atoms. The molecule has 0 aliphatic carbocycles. The van der Waals surface area contributed by atoms with Gasteiger partial charge in [-0.15, -0.1) is 0 Å². The minimum Gasteiger partial charge on any atom is -0.348 e. The minimum atomic E-state index is -2.94. The molecule has 1 amide bonds. The van der Waals surface area contributed by atoms with E-state index in [4.69, 9.17) is 0 Å². The van der Waals surface area contributed by atoms with E-state index in [1.807, 2.05) is 77.8 Å². The van der Waals surface area contributed by atoms with Crippen molar-refractivity contribution in [1.82, 2.24) is 15.1 Å². The maximum atomic E-state index is 13.4. The molecule has 0 aromatic carbocycles. The van der Waals surface area contributed by atoms with Crippen LogP contribution in [0.3, 0.4) is 0 Å². The summed E-state index contributed by atoms with van der Waals surface area (Å²) in [6.07, 6.45) is 12.4. The monoisotopic (exact) mass is 659 g/mol. The van der Waals surface area contributed by atoms with Gasteiger partial charge in [0.2, 0.25) is 5.96 Å². The first-order valence-corrected chi connectivity index (χ1v) is 17.6. The number of amides is 1. The quantitative estimate of drug-likeness (QED) is 0.0633. The summed E-state index contributed by atoms with van der Waals surface area (Å²) in [6, 6.07) is 0. The third-order valence-electron chi connectivity index (χ3n) is 5.36. The van der Waals surface area contributed by atoms with Crippen molar-refractivity contribution in [1.29, 1.82) is 0 Å². The second-order valence-electron chi connectivity index (χ2n) is 9.66. The Morgan fingerprint density at radius 3 is 2.11 bits per heavy atom. The van der Waals surface area contributed by atoms with E-state index >= 15 is 0 Å². The van der Waals surface area contributed by atoms with Gasteiger partial charge in [0.05, 0.1) is 10.8 Å². The zero-order valence-electron chi connectivity index (χ0n) is 29.5. The van der Waals surface area contributed by atoms with Crippen LogP contribution in [0.4, 0.5) is 4.39 Å². The highest BCUT2D eigenvalue weighted by Gasteiger charge is 2.22. The zero-order chi connectivity index (χ0) is 35.4. The van der Waals surface area contributed by atoms with Crippen LogP contribution in [-0.2, 0) is 14.6 Å². The van der Waals surface area contributed by atoms with Gasteiger partial charge in [0.15, 0.2) is 9.84 Å². The summed E-state index contributed by atoms with van der Waals surface area (Å²) in [4.78, 5) is 23.5. The molecule has 0 fully saturated rings. The van der Waals surface area contributed by atoms with E-state index in [9.17, 15) is 17.6 Å². The zero-order valence-corrected chi connectivity index (χ0v) is 31.5. The fourth-order valence-electron chi connectivity index (χ4n) is 3.28. The van der Waals surface area contributed by atoms with Crippen LogP contribution in [-0.4, -0.2) is 93.5 Å². The van der Waals surface area contributed by atoms with Crippen LogP contribution in [0.5, 0.6) is 0 Å². The maximum Gasteiger partial charge on any atom is 0.252 e. The molecule has 0 saturated carbocycles. The molecule has 1 N–H and O–H groups in total. The summed E-state index contributed by atoms with van der Waals surface area (Å²) >= 11 is 0. The molecule has 0 aromatic rings. The lowest BCUT2D eigenvalue weighted by Crippen LogP contribution is -2.32. The summed E-state index contributed by atoms with van der Waals surface area (Å²) in [5.41, 5.74) is 1.03. The van der Waals surface area contributed by atoms with Gasteiger partial charge in [0.1, 0.15) is 5.41 Å². The number of aliphatic imine (C=N–C) groups is 2. The van der Waals surface area contributed by atoms with Crippen molar-refractivity contribution in [3.8, 4) is 0 Å². The molecule has 0 rings (SSSR count). The minimum absolute atomic E-state index is 0.204. The van der Waals surface area contributed by atoms with Crippen molar-refractivity contribution in [2.24, 2.45) is 9.98 Å². The Morgan fingerprint density at radius 1 is 1.11 bits per heavy atom. The molecule has 0 saturated heterocycles. The van der Waals surface area contributed by atoms with Crippen LogP contribution in [0.1, 0.15) is 74.7 Å². The van der Waals surface area contributed by atoms with E-state index < -0.39 is 15.2 Å². The van der Waals surface area contributed by atoms with Gasteiger partial charge in [-0.3, -0.25) is 4.79 Å².